The lowest BCUT2D eigenvalue weighted by Crippen LogP contribution is -2.47. The molecule has 4 rings (SSSR count). The van der Waals surface area contributed by atoms with Gasteiger partial charge in [0, 0.05) is 18.8 Å². The molecule has 1 atom stereocenters. The van der Waals surface area contributed by atoms with Crippen LogP contribution in [-0.4, -0.2) is 29.8 Å². The van der Waals surface area contributed by atoms with Crippen LogP contribution < -0.4 is 9.64 Å². The van der Waals surface area contributed by atoms with E-state index in [2.05, 4.69) is 0 Å². The summed E-state index contributed by atoms with van der Waals surface area (Å²) in [5.74, 6) is -0.726. The van der Waals surface area contributed by atoms with Crippen LogP contribution in [0.5, 0.6) is 5.75 Å². The van der Waals surface area contributed by atoms with Crippen LogP contribution in [0.3, 0.4) is 0 Å². The molecule has 2 aromatic rings. The van der Waals surface area contributed by atoms with Gasteiger partial charge in [-0.3, -0.25) is 4.79 Å². The second-order valence-corrected chi connectivity index (χ2v) is 10.2. The molecule has 4 nitrogen and oxygen atoms in total. The first-order chi connectivity index (χ1) is 17.2. The molecule has 0 bridgehead atoms. The van der Waals surface area contributed by atoms with E-state index < -0.39 is 46.7 Å². The number of ether oxygens (including phenoxy) is 1. The van der Waals surface area contributed by atoms with E-state index in [9.17, 15) is 36.2 Å². The van der Waals surface area contributed by atoms with Crippen LogP contribution in [0.1, 0.15) is 61.3 Å². The quantitative estimate of drug-likeness (QED) is 0.419. The van der Waals surface area contributed by atoms with Gasteiger partial charge in [-0.05, 0) is 80.3 Å². The van der Waals surface area contributed by atoms with Crippen molar-refractivity contribution < 1.29 is 41.0 Å². The Morgan fingerprint density at radius 1 is 1.05 bits per heavy atom. The zero-order valence-corrected chi connectivity index (χ0v) is 20.5. The van der Waals surface area contributed by atoms with Crippen LogP contribution in [0.25, 0.3) is 0 Å². The number of halogens is 6. The monoisotopic (exact) mass is 529 g/mol. The predicted molar refractivity (Wildman–Crippen MR) is 126 cm³/mol. The Hall–Kier alpha value is -2.91. The lowest BCUT2D eigenvalue weighted by atomic mass is 9.76. The average Bonchev–Trinajstić information content (AvgIpc) is 2.82. The summed E-state index contributed by atoms with van der Waals surface area (Å²) in [6, 6.07) is 6.89. The third-order valence-corrected chi connectivity index (χ3v) is 7.70. The molecule has 1 N–H and O–H groups in total. The second kappa shape index (κ2) is 9.76. The number of hydrogen-bond donors (Lipinski definition) is 1. The normalized spacial score (nSPS) is 22.8. The van der Waals surface area contributed by atoms with Crippen molar-refractivity contribution in [1.29, 1.82) is 0 Å². The summed E-state index contributed by atoms with van der Waals surface area (Å²) in [6.07, 6.45) is -5.63. The maximum absolute atomic E-state index is 13.6. The van der Waals surface area contributed by atoms with Crippen molar-refractivity contribution in [1.82, 2.24) is 0 Å². The van der Waals surface area contributed by atoms with E-state index in [1.165, 1.54) is 11.9 Å². The van der Waals surface area contributed by atoms with Crippen LogP contribution in [0.2, 0.25) is 0 Å². The van der Waals surface area contributed by atoms with Gasteiger partial charge in [-0.15, -0.1) is 0 Å². The standard InChI is InChI=1S/C27H29F6NO3/c1-16(24(35)36)13-17-3-4-18-7-10-25(37-23(18)14-17)11-8-20(9-12-25)34(2)22-15-19(26(28,29)30)5-6-21(22)27(31,32)33/h3-6,14-16,20H,7-13H2,1-2H3,(H,35,36)/t16-,20?,25?/m0/s1. The van der Waals surface area contributed by atoms with E-state index in [0.29, 0.717) is 56.1 Å². The maximum Gasteiger partial charge on any atom is 0.418 e. The van der Waals surface area contributed by atoms with Gasteiger partial charge in [0.15, 0.2) is 0 Å². The summed E-state index contributed by atoms with van der Waals surface area (Å²) in [4.78, 5) is 12.5. The highest BCUT2D eigenvalue weighted by molar-refractivity contribution is 5.70. The molecule has 37 heavy (non-hydrogen) atoms. The summed E-state index contributed by atoms with van der Waals surface area (Å²) >= 11 is 0. The van der Waals surface area contributed by atoms with Gasteiger partial charge in [0.05, 0.1) is 17.0 Å². The first kappa shape index (κ1) is 27.1. The van der Waals surface area contributed by atoms with Gasteiger partial charge in [0.2, 0.25) is 0 Å². The molecule has 1 aliphatic heterocycles. The molecule has 1 spiro atoms. The Balaban J connectivity index is 1.50. The molecule has 1 aliphatic carbocycles. The minimum atomic E-state index is -4.78. The summed E-state index contributed by atoms with van der Waals surface area (Å²) in [5.41, 5.74) is -1.31. The van der Waals surface area contributed by atoms with Crippen LogP contribution in [0, 0.1) is 5.92 Å². The van der Waals surface area contributed by atoms with Crippen molar-refractivity contribution in [2.45, 2.75) is 75.9 Å². The Kier molecular flexibility index (Phi) is 7.16. The number of fused-ring (bicyclic) bond motifs is 1. The number of carboxylic acid groups (broad SMARTS) is 1. The molecule has 1 fully saturated rings. The number of anilines is 1. The van der Waals surface area contributed by atoms with Crippen molar-refractivity contribution in [2.75, 3.05) is 11.9 Å². The SMILES string of the molecule is C[C@@H](Cc1ccc2c(c1)OC1(CC2)CCC(N(C)c2cc(C(F)(F)F)ccc2C(F)(F)F)CC1)C(=O)O. The van der Waals surface area contributed by atoms with Gasteiger partial charge in [0.1, 0.15) is 11.4 Å². The Bertz CT molecular complexity index is 1150. The van der Waals surface area contributed by atoms with Gasteiger partial charge >= 0.3 is 18.3 Å². The summed E-state index contributed by atoms with van der Waals surface area (Å²) in [5, 5.41) is 9.20. The van der Waals surface area contributed by atoms with E-state index in [-0.39, 0.29) is 6.04 Å². The summed E-state index contributed by atoms with van der Waals surface area (Å²) in [6.45, 7) is 1.64. The minimum Gasteiger partial charge on any atom is -0.487 e. The Labute approximate surface area is 211 Å². The van der Waals surface area contributed by atoms with E-state index in [0.717, 1.165) is 24.0 Å². The average molecular weight is 530 g/mol. The lowest BCUT2D eigenvalue weighted by Gasteiger charge is -2.46. The molecule has 2 aromatic carbocycles. The van der Waals surface area contributed by atoms with Crippen LogP contribution in [-0.2, 0) is 30.0 Å². The zero-order valence-electron chi connectivity index (χ0n) is 20.5. The first-order valence-corrected chi connectivity index (χ1v) is 12.2. The predicted octanol–water partition coefficient (Wildman–Crippen LogP) is 7.13. The van der Waals surface area contributed by atoms with Gasteiger partial charge in [-0.25, -0.2) is 0 Å². The van der Waals surface area contributed by atoms with E-state index in [1.807, 2.05) is 18.2 Å². The van der Waals surface area contributed by atoms with E-state index in [1.54, 1.807) is 6.92 Å². The fraction of sp³-hybridized carbons (Fsp3) is 0.519. The molecule has 2 aliphatic rings. The maximum atomic E-state index is 13.6. The topological polar surface area (TPSA) is 49.8 Å². The number of carboxylic acids is 1. The highest BCUT2D eigenvalue weighted by Crippen LogP contribution is 2.46. The third kappa shape index (κ3) is 5.83. The van der Waals surface area contributed by atoms with Crippen molar-refractivity contribution in [3.63, 3.8) is 0 Å². The summed E-state index contributed by atoms with van der Waals surface area (Å²) in [7, 11) is 1.42. The molecule has 10 heteroatoms. The highest BCUT2D eigenvalue weighted by atomic mass is 19.4. The van der Waals surface area contributed by atoms with E-state index in [4.69, 9.17) is 4.74 Å². The number of hydrogen-bond acceptors (Lipinski definition) is 3. The molecular weight excluding hydrogens is 500 g/mol. The molecule has 0 saturated heterocycles. The molecule has 1 heterocycles. The first-order valence-electron chi connectivity index (χ1n) is 12.2. The van der Waals surface area contributed by atoms with Gasteiger partial charge in [0.25, 0.3) is 0 Å². The summed E-state index contributed by atoms with van der Waals surface area (Å²) < 4.78 is 87.1. The molecular formula is C27H29F6NO3. The van der Waals surface area contributed by atoms with E-state index >= 15 is 0 Å². The molecule has 1 saturated carbocycles. The fourth-order valence-electron chi connectivity index (χ4n) is 5.42. The molecule has 0 aromatic heterocycles. The highest BCUT2D eigenvalue weighted by Gasteiger charge is 2.43. The number of aryl methyl sites for hydroxylation is 1. The van der Waals surface area contributed by atoms with Crippen LogP contribution >= 0.6 is 0 Å². The Morgan fingerprint density at radius 2 is 1.73 bits per heavy atom. The number of benzene rings is 2. The van der Waals surface area contributed by atoms with Gasteiger partial charge in [-0.1, -0.05) is 19.1 Å². The zero-order chi connectivity index (χ0) is 27.2. The number of nitrogens with zero attached hydrogens (tertiary/aromatic N) is 1. The Morgan fingerprint density at radius 3 is 2.32 bits per heavy atom. The number of carbonyl (C=O) groups is 1. The van der Waals surface area contributed by atoms with Crippen molar-refractivity contribution in [3.8, 4) is 5.75 Å². The van der Waals surface area contributed by atoms with Gasteiger partial charge < -0.3 is 14.7 Å². The van der Waals surface area contributed by atoms with Crippen molar-refractivity contribution >= 4 is 11.7 Å². The number of aliphatic carboxylic acids is 1. The number of rotatable bonds is 5. The lowest BCUT2D eigenvalue weighted by molar-refractivity contribution is -0.141. The number of alkyl halides is 6. The molecule has 0 unspecified atom stereocenters. The molecule has 202 valence electrons. The van der Waals surface area contributed by atoms with Crippen molar-refractivity contribution in [3.05, 3.63) is 58.7 Å². The molecule has 0 radical (unpaired) electrons. The third-order valence-electron chi connectivity index (χ3n) is 7.70. The minimum absolute atomic E-state index is 0.365. The van der Waals surface area contributed by atoms with Gasteiger partial charge in [-0.2, -0.15) is 26.3 Å². The van der Waals surface area contributed by atoms with Crippen molar-refractivity contribution in [2.24, 2.45) is 5.92 Å². The molecule has 0 amide bonds. The smallest absolute Gasteiger partial charge is 0.418 e. The fourth-order valence-corrected chi connectivity index (χ4v) is 5.42. The van der Waals surface area contributed by atoms with Crippen LogP contribution in [0.15, 0.2) is 36.4 Å². The largest absolute Gasteiger partial charge is 0.487 e. The second-order valence-electron chi connectivity index (χ2n) is 10.2. The van der Waals surface area contributed by atoms with Crippen LogP contribution in [0.4, 0.5) is 32.0 Å².